The zero-order valence-electron chi connectivity index (χ0n) is 12.0. The van der Waals surface area contributed by atoms with Gasteiger partial charge in [-0.15, -0.1) is 12.4 Å². The lowest BCUT2D eigenvalue weighted by atomic mass is 9.78. The van der Waals surface area contributed by atoms with Crippen LogP contribution in [0.3, 0.4) is 0 Å². The van der Waals surface area contributed by atoms with Crippen molar-refractivity contribution in [2.24, 2.45) is 5.92 Å². The van der Waals surface area contributed by atoms with Crippen molar-refractivity contribution >= 4 is 24.0 Å². The summed E-state index contributed by atoms with van der Waals surface area (Å²) >= 11 is 0. The Morgan fingerprint density at radius 3 is 2.65 bits per heavy atom. The van der Waals surface area contributed by atoms with Gasteiger partial charge in [0.05, 0.1) is 0 Å². The molecule has 3 rings (SSSR count). The van der Waals surface area contributed by atoms with Crippen molar-refractivity contribution in [3.63, 3.8) is 0 Å². The Balaban J connectivity index is 0.00000147. The second kappa shape index (κ2) is 6.04. The standard InChI is InChI=1S/C16H22N2O.ClH/c1-11-7-8-13(17)10-14(11)16(19)18-9-3-6-15(18)12-4-2-5-12;/h7-8,10,12,15H,2-6,9,17H2,1H3;1H. The van der Waals surface area contributed by atoms with E-state index in [0.717, 1.165) is 30.0 Å². The van der Waals surface area contributed by atoms with Gasteiger partial charge in [0.25, 0.3) is 5.91 Å². The van der Waals surface area contributed by atoms with Crippen LogP contribution in [0.2, 0.25) is 0 Å². The largest absolute Gasteiger partial charge is 0.399 e. The minimum absolute atomic E-state index is 0. The molecule has 1 unspecified atom stereocenters. The lowest BCUT2D eigenvalue weighted by molar-refractivity contribution is 0.0626. The van der Waals surface area contributed by atoms with E-state index in [9.17, 15) is 4.79 Å². The number of amides is 1. The lowest BCUT2D eigenvalue weighted by Gasteiger charge is -2.37. The highest BCUT2D eigenvalue weighted by Crippen LogP contribution is 2.37. The van der Waals surface area contributed by atoms with Crippen molar-refractivity contribution in [1.82, 2.24) is 4.90 Å². The van der Waals surface area contributed by atoms with E-state index in [2.05, 4.69) is 4.90 Å². The average Bonchev–Trinajstić information content (AvgIpc) is 2.78. The van der Waals surface area contributed by atoms with Crippen LogP contribution < -0.4 is 5.73 Å². The molecule has 1 aliphatic heterocycles. The third kappa shape index (κ3) is 2.64. The minimum atomic E-state index is 0. The van der Waals surface area contributed by atoms with Crippen LogP contribution >= 0.6 is 12.4 Å². The number of hydrogen-bond donors (Lipinski definition) is 1. The number of halogens is 1. The van der Waals surface area contributed by atoms with Crippen LogP contribution in [0.25, 0.3) is 0 Å². The number of nitrogens with two attached hydrogens (primary N) is 1. The summed E-state index contributed by atoms with van der Waals surface area (Å²) in [4.78, 5) is 14.8. The number of aryl methyl sites for hydroxylation is 1. The van der Waals surface area contributed by atoms with Gasteiger partial charge in [-0.2, -0.15) is 0 Å². The molecule has 1 aliphatic carbocycles. The molecule has 1 atom stereocenters. The van der Waals surface area contributed by atoms with E-state index in [4.69, 9.17) is 5.73 Å². The number of benzene rings is 1. The maximum absolute atomic E-state index is 12.7. The number of anilines is 1. The molecule has 2 aliphatic rings. The molecular weight excluding hydrogens is 272 g/mol. The Morgan fingerprint density at radius 1 is 1.25 bits per heavy atom. The van der Waals surface area contributed by atoms with E-state index in [1.807, 2.05) is 25.1 Å². The third-order valence-corrected chi connectivity index (χ3v) is 4.75. The van der Waals surface area contributed by atoms with Crippen molar-refractivity contribution in [3.05, 3.63) is 29.3 Å². The van der Waals surface area contributed by atoms with Gasteiger partial charge in [-0.3, -0.25) is 4.79 Å². The highest BCUT2D eigenvalue weighted by Gasteiger charge is 2.37. The number of likely N-dealkylation sites (tertiary alicyclic amines) is 1. The Morgan fingerprint density at radius 2 is 2.00 bits per heavy atom. The molecule has 1 amide bonds. The fraction of sp³-hybridized carbons (Fsp3) is 0.562. The monoisotopic (exact) mass is 294 g/mol. The summed E-state index contributed by atoms with van der Waals surface area (Å²) in [5.41, 5.74) is 8.31. The highest BCUT2D eigenvalue weighted by molar-refractivity contribution is 5.96. The molecule has 20 heavy (non-hydrogen) atoms. The molecule has 1 heterocycles. The van der Waals surface area contributed by atoms with Gasteiger partial charge in [-0.25, -0.2) is 0 Å². The first-order chi connectivity index (χ1) is 9.16. The zero-order valence-corrected chi connectivity index (χ0v) is 12.8. The number of rotatable bonds is 2. The maximum atomic E-state index is 12.7. The van der Waals surface area contributed by atoms with Gasteiger partial charge < -0.3 is 10.6 Å². The number of nitrogen functional groups attached to an aromatic ring is 1. The topological polar surface area (TPSA) is 46.3 Å². The van der Waals surface area contributed by atoms with Gasteiger partial charge in [0.15, 0.2) is 0 Å². The second-order valence-electron chi connectivity index (χ2n) is 5.97. The zero-order chi connectivity index (χ0) is 13.4. The van der Waals surface area contributed by atoms with Gasteiger partial charge in [0, 0.05) is 23.8 Å². The van der Waals surface area contributed by atoms with Crippen molar-refractivity contribution in [2.75, 3.05) is 12.3 Å². The predicted molar refractivity (Wildman–Crippen MR) is 84.2 cm³/mol. The summed E-state index contributed by atoms with van der Waals surface area (Å²) in [5.74, 6) is 0.923. The van der Waals surface area contributed by atoms with Crippen LogP contribution in [0.1, 0.15) is 48.0 Å². The average molecular weight is 295 g/mol. The molecule has 1 aromatic rings. The second-order valence-corrected chi connectivity index (χ2v) is 5.97. The molecule has 0 bridgehead atoms. The van der Waals surface area contributed by atoms with E-state index in [0.29, 0.717) is 11.7 Å². The molecule has 110 valence electrons. The predicted octanol–water partition coefficient (Wildman–Crippen LogP) is 3.40. The summed E-state index contributed by atoms with van der Waals surface area (Å²) in [6.45, 7) is 2.90. The van der Waals surface area contributed by atoms with Crippen LogP contribution in [-0.2, 0) is 0 Å². The SMILES string of the molecule is Cc1ccc(N)cc1C(=O)N1CCCC1C1CCC1.Cl. The molecular formula is C16H23ClN2O. The molecule has 4 heteroatoms. The van der Waals surface area contributed by atoms with Gasteiger partial charge >= 0.3 is 0 Å². The Labute approximate surface area is 126 Å². The first kappa shape index (κ1) is 15.2. The third-order valence-electron chi connectivity index (χ3n) is 4.75. The molecule has 0 spiro atoms. The normalized spacial score (nSPS) is 22.2. The van der Waals surface area contributed by atoms with Crippen LogP contribution in [-0.4, -0.2) is 23.4 Å². The van der Waals surface area contributed by atoms with Crippen LogP contribution in [0, 0.1) is 12.8 Å². The first-order valence-electron chi connectivity index (χ1n) is 7.34. The summed E-state index contributed by atoms with van der Waals surface area (Å²) in [6, 6.07) is 6.10. The van der Waals surface area contributed by atoms with Crippen LogP contribution in [0.15, 0.2) is 18.2 Å². The van der Waals surface area contributed by atoms with Crippen molar-refractivity contribution < 1.29 is 4.79 Å². The fourth-order valence-corrected chi connectivity index (χ4v) is 3.38. The van der Waals surface area contributed by atoms with Crippen molar-refractivity contribution in [3.8, 4) is 0 Å². The van der Waals surface area contributed by atoms with Gasteiger partial charge in [-0.1, -0.05) is 12.5 Å². The number of carbonyl (C=O) groups is 1. The van der Waals surface area contributed by atoms with E-state index in [1.54, 1.807) is 0 Å². The van der Waals surface area contributed by atoms with E-state index in [1.165, 1.54) is 25.7 Å². The van der Waals surface area contributed by atoms with E-state index >= 15 is 0 Å². The van der Waals surface area contributed by atoms with E-state index in [-0.39, 0.29) is 18.3 Å². The fourth-order valence-electron chi connectivity index (χ4n) is 3.38. The molecule has 0 radical (unpaired) electrons. The summed E-state index contributed by atoms with van der Waals surface area (Å²) in [5, 5.41) is 0. The first-order valence-corrected chi connectivity index (χ1v) is 7.34. The van der Waals surface area contributed by atoms with Crippen molar-refractivity contribution in [1.29, 1.82) is 0 Å². The lowest BCUT2D eigenvalue weighted by Crippen LogP contribution is -2.42. The summed E-state index contributed by atoms with van der Waals surface area (Å²) < 4.78 is 0. The number of hydrogen-bond acceptors (Lipinski definition) is 2. The molecule has 2 N–H and O–H groups in total. The van der Waals surface area contributed by atoms with Crippen LogP contribution in [0.4, 0.5) is 5.69 Å². The van der Waals surface area contributed by atoms with Crippen LogP contribution in [0.5, 0.6) is 0 Å². The highest BCUT2D eigenvalue weighted by atomic mass is 35.5. The molecule has 1 saturated heterocycles. The summed E-state index contributed by atoms with van der Waals surface area (Å²) in [6.07, 6.45) is 6.25. The summed E-state index contributed by atoms with van der Waals surface area (Å²) in [7, 11) is 0. The van der Waals surface area contributed by atoms with Gasteiger partial charge in [0.1, 0.15) is 0 Å². The van der Waals surface area contributed by atoms with Gasteiger partial charge in [0.2, 0.25) is 0 Å². The Bertz CT molecular complexity index is 499. The van der Waals surface area contributed by atoms with Crippen molar-refractivity contribution in [2.45, 2.75) is 45.1 Å². The molecule has 2 fully saturated rings. The number of nitrogens with zero attached hydrogens (tertiary/aromatic N) is 1. The maximum Gasteiger partial charge on any atom is 0.254 e. The molecule has 1 saturated carbocycles. The molecule has 0 aromatic heterocycles. The quantitative estimate of drug-likeness (QED) is 0.850. The van der Waals surface area contributed by atoms with E-state index < -0.39 is 0 Å². The molecule has 1 aromatic carbocycles. The number of carbonyl (C=O) groups excluding carboxylic acids is 1. The minimum Gasteiger partial charge on any atom is -0.399 e. The Kier molecular flexibility index (Phi) is 4.59. The van der Waals surface area contributed by atoms with Gasteiger partial charge in [-0.05, 0) is 56.2 Å². The Hall–Kier alpha value is -1.22. The smallest absolute Gasteiger partial charge is 0.254 e. The molecule has 3 nitrogen and oxygen atoms in total.